The quantitative estimate of drug-likeness (QED) is 0.228. The van der Waals surface area contributed by atoms with E-state index < -0.39 is 5.41 Å². The van der Waals surface area contributed by atoms with Crippen LogP contribution >= 0.6 is 0 Å². The minimum absolute atomic E-state index is 0.447. The van der Waals surface area contributed by atoms with Crippen molar-refractivity contribution in [3.8, 4) is 29.0 Å². The van der Waals surface area contributed by atoms with Crippen LogP contribution in [0.4, 0.5) is 0 Å². The molecule has 1 aliphatic rings. The summed E-state index contributed by atoms with van der Waals surface area (Å²) in [7, 11) is 0. The van der Waals surface area contributed by atoms with Gasteiger partial charge in [-0.05, 0) is 81.9 Å². The molecule has 7 aromatic rings. The summed E-state index contributed by atoms with van der Waals surface area (Å²) in [5.74, 6) is 0. The maximum Gasteiger partial charge on any atom is 0.0991 e. The smallest absolute Gasteiger partial charge is 0.0991 e. The first-order chi connectivity index (χ1) is 20.7. The first-order valence-corrected chi connectivity index (χ1v) is 14.0. The summed E-state index contributed by atoms with van der Waals surface area (Å²) < 4.78 is 2.25. The van der Waals surface area contributed by atoms with E-state index in [1.165, 1.54) is 33.4 Å². The predicted octanol–water partition coefficient (Wildman–Crippen LogP) is 8.89. The molecule has 1 aliphatic carbocycles. The van der Waals surface area contributed by atoms with Crippen molar-refractivity contribution in [3.63, 3.8) is 0 Å². The summed E-state index contributed by atoms with van der Waals surface area (Å²) >= 11 is 0. The number of hydrogen-bond acceptors (Lipinski definition) is 2. The summed E-state index contributed by atoms with van der Waals surface area (Å²) in [5, 5.41) is 21.2. The second kappa shape index (κ2) is 9.07. The van der Waals surface area contributed by atoms with Gasteiger partial charge in [0, 0.05) is 16.5 Å². The molecule has 3 nitrogen and oxygen atoms in total. The Morgan fingerprint density at radius 2 is 1.00 bits per heavy atom. The summed E-state index contributed by atoms with van der Waals surface area (Å²) in [6.07, 6.45) is 0. The Morgan fingerprint density at radius 3 is 1.57 bits per heavy atom. The van der Waals surface area contributed by atoms with E-state index in [4.69, 9.17) is 0 Å². The van der Waals surface area contributed by atoms with Crippen molar-refractivity contribution in [1.82, 2.24) is 4.57 Å². The molecule has 0 N–H and O–H groups in total. The highest BCUT2D eigenvalue weighted by molar-refractivity contribution is 6.10. The van der Waals surface area contributed by atoms with Gasteiger partial charge in [0.25, 0.3) is 0 Å². The van der Waals surface area contributed by atoms with Crippen LogP contribution in [-0.4, -0.2) is 4.57 Å². The van der Waals surface area contributed by atoms with Crippen molar-refractivity contribution >= 4 is 21.8 Å². The molecule has 0 aliphatic heterocycles. The van der Waals surface area contributed by atoms with Crippen LogP contribution < -0.4 is 0 Å². The second-order valence-corrected chi connectivity index (χ2v) is 10.8. The zero-order valence-electron chi connectivity index (χ0n) is 22.6. The van der Waals surface area contributed by atoms with Crippen molar-refractivity contribution in [3.05, 3.63) is 173 Å². The first kappa shape index (κ1) is 23.9. The third kappa shape index (κ3) is 3.20. The number of benzene rings is 6. The number of fused-ring (bicyclic) bond motifs is 6. The van der Waals surface area contributed by atoms with E-state index in [0.29, 0.717) is 11.1 Å². The normalized spacial score (nSPS) is 12.9. The molecule has 1 aromatic heterocycles. The molecule has 0 amide bonds. The fourth-order valence-corrected chi connectivity index (χ4v) is 7.02. The predicted molar refractivity (Wildman–Crippen MR) is 168 cm³/mol. The summed E-state index contributed by atoms with van der Waals surface area (Å²) in [4.78, 5) is 0. The van der Waals surface area contributed by atoms with Crippen molar-refractivity contribution < 1.29 is 0 Å². The highest BCUT2D eigenvalue weighted by Crippen LogP contribution is 2.56. The molecule has 0 saturated heterocycles. The Hall–Kier alpha value is -5.90. The Morgan fingerprint density at radius 1 is 0.476 bits per heavy atom. The lowest BCUT2D eigenvalue weighted by atomic mass is 9.68. The van der Waals surface area contributed by atoms with Crippen LogP contribution in [0, 0.1) is 22.7 Å². The number of rotatable bonds is 3. The summed E-state index contributed by atoms with van der Waals surface area (Å²) in [6.45, 7) is 0. The van der Waals surface area contributed by atoms with Gasteiger partial charge >= 0.3 is 0 Å². The van der Waals surface area contributed by atoms with Crippen molar-refractivity contribution in [2.45, 2.75) is 5.41 Å². The highest BCUT2D eigenvalue weighted by Gasteiger charge is 2.46. The van der Waals surface area contributed by atoms with E-state index >= 15 is 0 Å². The van der Waals surface area contributed by atoms with Gasteiger partial charge in [-0.15, -0.1) is 0 Å². The van der Waals surface area contributed by atoms with Gasteiger partial charge in [0.2, 0.25) is 0 Å². The number of nitrogens with zero attached hydrogens (tertiary/aromatic N) is 3. The second-order valence-electron chi connectivity index (χ2n) is 10.8. The largest absolute Gasteiger partial charge is 0.309 e. The molecule has 0 unspecified atom stereocenters. The maximum absolute atomic E-state index is 9.62. The molecule has 8 rings (SSSR count). The maximum atomic E-state index is 9.62. The zero-order chi connectivity index (χ0) is 28.3. The van der Waals surface area contributed by atoms with Crippen LogP contribution in [0.2, 0.25) is 0 Å². The average Bonchev–Trinajstić information content (AvgIpc) is 3.55. The van der Waals surface area contributed by atoms with Crippen LogP contribution in [0.1, 0.15) is 33.4 Å². The lowest BCUT2D eigenvalue weighted by Crippen LogP contribution is -2.28. The Bertz CT molecular complexity index is 2150. The molecule has 42 heavy (non-hydrogen) atoms. The monoisotopic (exact) mass is 533 g/mol. The first-order valence-electron chi connectivity index (χ1n) is 14.0. The van der Waals surface area contributed by atoms with Gasteiger partial charge in [-0.1, -0.05) is 91.0 Å². The van der Waals surface area contributed by atoms with Gasteiger partial charge in [0.1, 0.15) is 0 Å². The van der Waals surface area contributed by atoms with Gasteiger partial charge in [-0.3, -0.25) is 0 Å². The van der Waals surface area contributed by atoms with E-state index in [1.807, 2.05) is 36.4 Å². The molecule has 0 atom stereocenters. The number of hydrogen-bond donors (Lipinski definition) is 0. The van der Waals surface area contributed by atoms with E-state index in [9.17, 15) is 10.5 Å². The SMILES string of the molecule is N#Cc1ccc2c(c1)c1cc(C#N)ccc1n2-c1ccc2c(c1)-c1ccccc1C2(c1ccccc1)c1ccccc1. The topological polar surface area (TPSA) is 52.5 Å². The van der Waals surface area contributed by atoms with Crippen LogP contribution in [0.5, 0.6) is 0 Å². The fourth-order valence-electron chi connectivity index (χ4n) is 7.02. The average molecular weight is 534 g/mol. The highest BCUT2D eigenvalue weighted by atomic mass is 15.0. The molecule has 0 radical (unpaired) electrons. The number of nitriles is 2. The molecular formula is C39H23N3. The summed E-state index contributed by atoms with van der Waals surface area (Å²) in [6, 6.07) is 53.3. The minimum Gasteiger partial charge on any atom is -0.309 e. The molecule has 6 aromatic carbocycles. The fraction of sp³-hybridized carbons (Fsp3) is 0.0256. The Kier molecular flexibility index (Phi) is 5.17. The van der Waals surface area contributed by atoms with E-state index in [1.54, 1.807) is 0 Å². The van der Waals surface area contributed by atoms with Crippen LogP contribution in [0.25, 0.3) is 38.6 Å². The third-order valence-electron chi connectivity index (χ3n) is 8.72. The van der Waals surface area contributed by atoms with E-state index in [0.717, 1.165) is 27.5 Å². The zero-order valence-corrected chi connectivity index (χ0v) is 22.6. The van der Waals surface area contributed by atoms with Gasteiger partial charge in [0.15, 0.2) is 0 Å². The van der Waals surface area contributed by atoms with Crippen molar-refractivity contribution in [2.24, 2.45) is 0 Å². The van der Waals surface area contributed by atoms with Crippen LogP contribution in [0.3, 0.4) is 0 Å². The standard InChI is InChI=1S/C39H23N3/c40-24-26-15-19-37-33(21-26)34-22-27(25-41)16-20-38(34)42(37)30-17-18-36-32(23-30)31-13-7-8-14-35(31)39(36,28-9-3-1-4-10-28)29-11-5-2-6-12-29/h1-23H. The molecule has 0 bridgehead atoms. The van der Waals surface area contributed by atoms with Crippen LogP contribution in [-0.2, 0) is 5.41 Å². The molecule has 3 heteroatoms. The molecule has 194 valence electrons. The number of aromatic nitrogens is 1. The van der Waals surface area contributed by atoms with Crippen molar-refractivity contribution in [1.29, 1.82) is 10.5 Å². The Balaban J connectivity index is 1.46. The minimum atomic E-state index is -0.447. The van der Waals surface area contributed by atoms with Gasteiger partial charge in [-0.2, -0.15) is 10.5 Å². The third-order valence-corrected chi connectivity index (χ3v) is 8.72. The molecular weight excluding hydrogens is 510 g/mol. The van der Waals surface area contributed by atoms with Gasteiger partial charge in [-0.25, -0.2) is 0 Å². The Labute approximate surface area is 243 Å². The van der Waals surface area contributed by atoms with E-state index in [-0.39, 0.29) is 0 Å². The molecule has 0 spiro atoms. The lowest BCUT2D eigenvalue weighted by Gasteiger charge is -2.33. The lowest BCUT2D eigenvalue weighted by molar-refractivity contribution is 0.768. The van der Waals surface area contributed by atoms with Gasteiger partial charge < -0.3 is 4.57 Å². The van der Waals surface area contributed by atoms with E-state index in [2.05, 4.69) is 120 Å². The molecule has 1 heterocycles. The molecule has 0 saturated carbocycles. The summed E-state index contributed by atoms with van der Waals surface area (Å²) in [5.41, 5.74) is 11.2. The van der Waals surface area contributed by atoms with Crippen LogP contribution in [0.15, 0.2) is 140 Å². The van der Waals surface area contributed by atoms with Crippen molar-refractivity contribution in [2.75, 3.05) is 0 Å². The van der Waals surface area contributed by atoms with Gasteiger partial charge in [0.05, 0.1) is 39.7 Å². The molecule has 0 fully saturated rings.